The monoisotopic (exact) mass is 315 g/mol. The number of aromatic amines is 1. The third kappa shape index (κ3) is 5.13. The molecule has 21 heavy (non-hydrogen) atoms. The average Bonchev–Trinajstić information content (AvgIpc) is 2.91. The molecule has 0 aliphatic heterocycles. The molecule has 0 unspecified atom stereocenters. The van der Waals surface area contributed by atoms with Crippen LogP contribution < -0.4 is 4.72 Å². The van der Waals surface area contributed by atoms with E-state index in [0.717, 1.165) is 32.1 Å². The Morgan fingerprint density at radius 1 is 1.43 bits per heavy atom. The molecule has 118 valence electrons. The number of nitrogens with zero attached hydrogens (tertiary/aromatic N) is 1. The van der Waals surface area contributed by atoms with Gasteiger partial charge in [-0.05, 0) is 18.8 Å². The van der Waals surface area contributed by atoms with Crippen LogP contribution in [0.1, 0.15) is 37.8 Å². The van der Waals surface area contributed by atoms with Gasteiger partial charge in [-0.15, -0.1) is 0 Å². The van der Waals surface area contributed by atoms with Crippen molar-refractivity contribution < 1.29 is 18.3 Å². The van der Waals surface area contributed by atoms with Crippen LogP contribution in [0.4, 0.5) is 0 Å². The molecule has 0 aromatic carbocycles. The summed E-state index contributed by atoms with van der Waals surface area (Å²) < 4.78 is 26.6. The molecule has 0 saturated heterocycles. The number of rotatable bonds is 7. The van der Waals surface area contributed by atoms with Crippen LogP contribution in [0.2, 0.25) is 0 Å². The van der Waals surface area contributed by atoms with Crippen molar-refractivity contribution in [3.05, 3.63) is 18.2 Å². The normalized spacial score (nSPS) is 18.5. The standard InChI is InChI=1S/C13H21N3O4S/c17-13(18)12(6-11-7-14-9-15-11)16-21(19,20)8-10-4-2-1-3-5-10/h7,9-10,12,16H,1-6,8H2,(H,14,15)(H,17,18)/t12-/m1/s1. The summed E-state index contributed by atoms with van der Waals surface area (Å²) in [5, 5.41) is 9.18. The third-order valence-corrected chi connectivity index (χ3v) is 5.33. The number of nitrogens with one attached hydrogen (secondary N) is 2. The molecule has 0 spiro atoms. The Morgan fingerprint density at radius 2 is 2.14 bits per heavy atom. The Kier molecular flexibility index (Phi) is 5.35. The number of carbonyl (C=O) groups is 1. The Labute approximate surface area is 124 Å². The van der Waals surface area contributed by atoms with Crippen molar-refractivity contribution in [3.8, 4) is 0 Å². The van der Waals surface area contributed by atoms with Crippen molar-refractivity contribution in [3.63, 3.8) is 0 Å². The molecule has 8 heteroatoms. The zero-order valence-electron chi connectivity index (χ0n) is 11.8. The summed E-state index contributed by atoms with van der Waals surface area (Å²) in [5.41, 5.74) is 0.586. The van der Waals surface area contributed by atoms with Crippen LogP contribution >= 0.6 is 0 Å². The number of H-pyrrole nitrogens is 1. The van der Waals surface area contributed by atoms with Crippen LogP contribution in [0.25, 0.3) is 0 Å². The fourth-order valence-electron chi connectivity index (χ4n) is 2.72. The minimum absolute atomic E-state index is 0.0136. The molecule has 1 aliphatic carbocycles. The number of aliphatic carboxylic acids is 1. The number of imidazole rings is 1. The van der Waals surface area contributed by atoms with Crippen LogP contribution in [0.5, 0.6) is 0 Å². The maximum absolute atomic E-state index is 12.1. The number of carboxylic acid groups (broad SMARTS) is 1. The molecule has 1 atom stereocenters. The molecule has 0 amide bonds. The van der Waals surface area contributed by atoms with Gasteiger partial charge in [-0.25, -0.2) is 18.1 Å². The number of hydrogen-bond donors (Lipinski definition) is 3. The summed E-state index contributed by atoms with van der Waals surface area (Å²) in [4.78, 5) is 17.8. The van der Waals surface area contributed by atoms with Gasteiger partial charge < -0.3 is 10.1 Å². The van der Waals surface area contributed by atoms with Gasteiger partial charge in [0.05, 0.1) is 12.1 Å². The highest BCUT2D eigenvalue weighted by molar-refractivity contribution is 7.89. The molecule has 1 aromatic rings. The SMILES string of the molecule is O=C(O)[C@@H](Cc1cnc[nH]1)NS(=O)(=O)CC1CCCCC1. The van der Waals surface area contributed by atoms with E-state index in [2.05, 4.69) is 14.7 Å². The van der Waals surface area contributed by atoms with E-state index in [1.165, 1.54) is 12.5 Å². The molecule has 0 radical (unpaired) electrons. The van der Waals surface area contributed by atoms with E-state index in [4.69, 9.17) is 0 Å². The van der Waals surface area contributed by atoms with E-state index in [0.29, 0.717) is 5.69 Å². The minimum atomic E-state index is -3.59. The van der Waals surface area contributed by atoms with Gasteiger partial charge in [0.2, 0.25) is 10.0 Å². The molecule has 7 nitrogen and oxygen atoms in total. The van der Waals surface area contributed by atoms with Crippen molar-refractivity contribution >= 4 is 16.0 Å². The number of sulfonamides is 1. The quantitative estimate of drug-likeness (QED) is 0.692. The van der Waals surface area contributed by atoms with Gasteiger partial charge in [0.15, 0.2) is 0 Å². The minimum Gasteiger partial charge on any atom is -0.480 e. The molecule has 1 aromatic heterocycles. The highest BCUT2D eigenvalue weighted by atomic mass is 32.2. The zero-order chi connectivity index (χ0) is 15.3. The second kappa shape index (κ2) is 7.04. The lowest BCUT2D eigenvalue weighted by Crippen LogP contribution is -2.44. The topological polar surface area (TPSA) is 112 Å². The van der Waals surface area contributed by atoms with Crippen molar-refractivity contribution in [2.24, 2.45) is 5.92 Å². The maximum atomic E-state index is 12.1. The summed E-state index contributed by atoms with van der Waals surface area (Å²) in [6, 6.07) is -1.17. The van der Waals surface area contributed by atoms with Crippen molar-refractivity contribution in [2.75, 3.05) is 5.75 Å². The molecular formula is C13H21N3O4S. The van der Waals surface area contributed by atoms with Crippen LogP contribution in [-0.2, 0) is 21.2 Å². The summed E-state index contributed by atoms with van der Waals surface area (Å²) in [7, 11) is -3.59. The van der Waals surface area contributed by atoms with Gasteiger partial charge in [0.25, 0.3) is 0 Å². The first-order valence-corrected chi connectivity index (χ1v) is 8.81. The lowest BCUT2D eigenvalue weighted by Gasteiger charge is -2.22. The molecule has 1 saturated carbocycles. The Bertz CT molecular complexity index is 550. The van der Waals surface area contributed by atoms with E-state index < -0.39 is 22.0 Å². The van der Waals surface area contributed by atoms with Crippen LogP contribution in [0, 0.1) is 5.92 Å². The zero-order valence-corrected chi connectivity index (χ0v) is 12.6. The second-order valence-electron chi connectivity index (χ2n) is 5.58. The van der Waals surface area contributed by atoms with E-state index in [1.807, 2.05) is 0 Å². The predicted molar refractivity (Wildman–Crippen MR) is 77.2 cm³/mol. The van der Waals surface area contributed by atoms with Gasteiger partial charge >= 0.3 is 5.97 Å². The van der Waals surface area contributed by atoms with E-state index >= 15 is 0 Å². The van der Waals surface area contributed by atoms with Crippen LogP contribution in [-0.4, -0.2) is 41.3 Å². The van der Waals surface area contributed by atoms with Gasteiger partial charge in [-0.2, -0.15) is 0 Å². The van der Waals surface area contributed by atoms with Gasteiger partial charge in [-0.1, -0.05) is 19.3 Å². The van der Waals surface area contributed by atoms with E-state index in [-0.39, 0.29) is 18.1 Å². The lowest BCUT2D eigenvalue weighted by molar-refractivity contribution is -0.138. The van der Waals surface area contributed by atoms with Gasteiger partial charge in [0.1, 0.15) is 6.04 Å². The molecule has 0 bridgehead atoms. The fraction of sp³-hybridized carbons (Fsp3) is 0.692. The van der Waals surface area contributed by atoms with Crippen molar-refractivity contribution in [2.45, 2.75) is 44.6 Å². The number of carboxylic acids is 1. The Balaban J connectivity index is 1.96. The first kappa shape index (κ1) is 16.0. The highest BCUT2D eigenvalue weighted by Crippen LogP contribution is 2.24. The van der Waals surface area contributed by atoms with Crippen LogP contribution in [0.15, 0.2) is 12.5 Å². The molecule has 2 rings (SSSR count). The first-order valence-electron chi connectivity index (χ1n) is 7.16. The first-order chi connectivity index (χ1) is 9.96. The third-order valence-electron chi connectivity index (χ3n) is 3.78. The van der Waals surface area contributed by atoms with E-state index in [9.17, 15) is 18.3 Å². The summed E-state index contributed by atoms with van der Waals surface area (Å²) in [6.45, 7) is 0. The Morgan fingerprint density at radius 3 is 2.71 bits per heavy atom. The predicted octanol–water partition coefficient (Wildman–Crippen LogP) is 0.905. The van der Waals surface area contributed by atoms with E-state index in [1.54, 1.807) is 0 Å². The van der Waals surface area contributed by atoms with Crippen molar-refractivity contribution in [1.29, 1.82) is 0 Å². The molecule has 3 N–H and O–H groups in total. The summed E-state index contributed by atoms with van der Waals surface area (Å²) >= 11 is 0. The lowest BCUT2D eigenvalue weighted by atomic mass is 9.91. The van der Waals surface area contributed by atoms with Gasteiger partial charge in [-0.3, -0.25) is 4.79 Å². The highest BCUT2D eigenvalue weighted by Gasteiger charge is 2.27. The van der Waals surface area contributed by atoms with Crippen LogP contribution in [0.3, 0.4) is 0 Å². The molecule has 1 aliphatic rings. The largest absolute Gasteiger partial charge is 0.480 e. The molecule has 1 heterocycles. The maximum Gasteiger partial charge on any atom is 0.322 e. The average molecular weight is 315 g/mol. The summed E-state index contributed by atoms with van der Waals surface area (Å²) in [5.74, 6) is -1.03. The number of hydrogen-bond acceptors (Lipinski definition) is 4. The number of aromatic nitrogens is 2. The van der Waals surface area contributed by atoms with Gasteiger partial charge in [0, 0.05) is 18.3 Å². The van der Waals surface area contributed by atoms with Crippen molar-refractivity contribution in [1.82, 2.24) is 14.7 Å². The molecular weight excluding hydrogens is 294 g/mol. The Hall–Kier alpha value is -1.41. The smallest absolute Gasteiger partial charge is 0.322 e. The fourth-order valence-corrected chi connectivity index (χ4v) is 4.39. The molecule has 1 fully saturated rings. The second-order valence-corrected chi connectivity index (χ2v) is 7.37. The summed E-state index contributed by atoms with van der Waals surface area (Å²) in [6.07, 6.45) is 8.04.